The van der Waals surface area contributed by atoms with Crippen LogP contribution in [0.1, 0.15) is 57.1 Å². The van der Waals surface area contributed by atoms with Crippen LogP contribution in [0.25, 0.3) is 0 Å². The molecule has 0 aliphatic carbocycles. The fourth-order valence-electron chi connectivity index (χ4n) is 4.82. The molecule has 0 spiro atoms. The number of amides is 3. The van der Waals surface area contributed by atoms with E-state index in [-0.39, 0.29) is 19.8 Å². The number of carbonyl (C=O) groups excluding carboxylic acids is 2. The maximum absolute atomic E-state index is 14.5. The molecule has 206 valence electrons. The van der Waals surface area contributed by atoms with Crippen LogP contribution in [-0.2, 0) is 31.8 Å². The lowest BCUT2D eigenvalue weighted by atomic mass is 10.2. The number of quaternary nitrogens is 1. The molecule has 1 fully saturated rings. The van der Waals surface area contributed by atoms with Crippen molar-refractivity contribution in [2.45, 2.75) is 71.0 Å². The molecule has 1 aliphatic rings. The molecule has 1 saturated heterocycles. The largest absolute Gasteiger partial charge is 0.521 e. The van der Waals surface area contributed by atoms with Gasteiger partial charge in [0.25, 0.3) is 0 Å². The number of rotatable bonds is 12. The molecule has 38 heavy (non-hydrogen) atoms. The number of nitrogens with one attached hydrogen (secondary N) is 1. The zero-order valence-electron chi connectivity index (χ0n) is 22.1. The Balaban J connectivity index is 1.86. The highest BCUT2D eigenvalue weighted by Crippen LogP contribution is 2.54. The van der Waals surface area contributed by atoms with Gasteiger partial charge in [-0.3, -0.25) is 4.57 Å². The van der Waals surface area contributed by atoms with E-state index in [4.69, 9.17) is 9.26 Å². The van der Waals surface area contributed by atoms with E-state index in [2.05, 4.69) is 5.32 Å². The van der Waals surface area contributed by atoms with Crippen LogP contribution in [0.2, 0.25) is 0 Å². The summed E-state index contributed by atoms with van der Waals surface area (Å²) in [6.07, 6.45) is 0.205. The molecule has 4 atom stereocenters. The summed E-state index contributed by atoms with van der Waals surface area (Å²) >= 11 is 0. The summed E-state index contributed by atoms with van der Waals surface area (Å²) in [5.74, 6) is -1.68. The van der Waals surface area contributed by atoms with E-state index in [0.717, 1.165) is 17.5 Å². The Hall–Kier alpha value is -3.00. The Labute approximate surface area is 224 Å². The van der Waals surface area contributed by atoms with E-state index in [1.807, 2.05) is 67.6 Å². The van der Waals surface area contributed by atoms with E-state index in [0.29, 0.717) is 25.7 Å². The molecule has 0 radical (unpaired) electrons. The molecule has 2 aromatic carbocycles. The minimum atomic E-state index is -3.93. The molecule has 3 amide bonds. The molecule has 0 aromatic heterocycles. The number of unbranched alkanes of at least 4 members (excludes halogenated alkanes) is 1. The van der Waals surface area contributed by atoms with Gasteiger partial charge in [0.15, 0.2) is 0 Å². The smallest absolute Gasteiger partial charge is 0.445 e. The van der Waals surface area contributed by atoms with Gasteiger partial charge in [-0.1, -0.05) is 80.4 Å². The first-order valence-corrected chi connectivity index (χ1v) is 15.0. The van der Waals surface area contributed by atoms with Crippen molar-refractivity contribution < 1.29 is 37.8 Å². The third kappa shape index (κ3) is 7.31. The third-order valence-electron chi connectivity index (χ3n) is 7.12. The summed E-state index contributed by atoms with van der Waals surface area (Å²) in [5.41, 5.74) is 1.54. The Kier molecular flexibility index (Phi) is 10.6. The molecular formula is C28H38N2O7P+. The van der Waals surface area contributed by atoms with Gasteiger partial charge in [-0.2, -0.15) is 9.28 Å². The number of likely N-dealkylation sites (tertiary alicyclic amines) is 1. The maximum atomic E-state index is 14.5. The first kappa shape index (κ1) is 29.6. The molecular weight excluding hydrogens is 507 g/mol. The van der Waals surface area contributed by atoms with Crippen LogP contribution in [-0.4, -0.2) is 52.2 Å². The molecule has 9 nitrogen and oxygen atoms in total. The van der Waals surface area contributed by atoms with Crippen LogP contribution in [0, 0.1) is 0 Å². The molecule has 0 saturated carbocycles. The second-order valence-corrected chi connectivity index (χ2v) is 12.4. The number of imide groups is 1. The molecule has 3 unspecified atom stereocenters. The van der Waals surface area contributed by atoms with Gasteiger partial charge in [-0.25, -0.2) is 9.59 Å². The number of carbonyl (C=O) groups is 3. The molecule has 1 heterocycles. The van der Waals surface area contributed by atoms with Crippen LogP contribution in [0.5, 0.6) is 0 Å². The second kappa shape index (κ2) is 13.7. The number of hydrogen-bond donors (Lipinski definition) is 2. The van der Waals surface area contributed by atoms with Gasteiger partial charge in [-0.15, -0.1) is 0 Å². The maximum Gasteiger partial charge on any atom is 0.521 e. The monoisotopic (exact) mass is 545 g/mol. The summed E-state index contributed by atoms with van der Waals surface area (Å²) in [6.45, 7) is 3.81. The summed E-state index contributed by atoms with van der Waals surface area (Å²) < 4.78 is 25.1. The quantitative estimate of drug-likeness (QED) is 0.243. The van der Waals surface area contributed by atoms with Crippen molar-refractivity contribution in [2.24, 2.45) is 0 Å². The van der Waals surface area contributed by atoms with E-state index >= 15 is 0 Å². The number of alkyl carbamates (subject to hydrolysis) is 1. The predicted octanol–water partition coefficient (Wildman–Crippen LogP) is 6.13. The topological polar surface area (TPSA) is 119 Å². The number of nitrogens with zero attached hydrogens (tertiary/aromatic N) is 1. The van der Waals surface area contributed by atoms with Crippen molar-refractivity contribution in [3.8, 4) is 0 Å². The van der Waals surface area contributed by atoms with Crippen LogP contribution < -0.4 is 5.32 Å². The number of hydrogen-bond acceptors (Lipinski definition) is 6. The normalized spacial score (nSPS) is 21.3. The fraction of sp³-hybridized carbons (Fsp3) is 0.464. The number of carboxylic acid groups (broad SMARTS) is 1. The van der Waals surface area contributed by atoms with E-state index in [9.17, 15) is 24.1 Å². The highest BCUT2D eigenvalue weighted by molar-refractivity contribution is 7.60. The first-order chi connectivity index (χ1) is 18.2. The summed E-state index contributed by atoms with van der Waals surface area (Å²) in [7, 11) is -3.93. The zero-order chi connectivity index (χ0) is 27.6. The Morgan fingerprint density at radius 2 is 1.66 bits per heavy atom. The van der Waals surface area contributed by atoms with Crippen molar-refractivity contribution in [2.75, 3.05) is 12.7 Å². The van der Waals surface area contributed by atoms with Crippen molar-refractivity contribution >= 4 is 25.5 Å². The van der Waals surface area contributed by atoms with Crippen LogP contribution in [0.3, 0.4) is 0 Å². The molecule has 1 aliphatic heterocycles. The SMILES string of the molecule is CCCCC(NC(=O)OCc1ccccc1)P(=O)(CC(=O)[N+]1(C(=O)O)CCC[C@H]1C)OCc1ccccc1. The summed E-state index contributed by atoms with van der Waals surface area (Å²) in [4.78, 5) is 38.7. The minimum Gasteiger partial charge on any atom is -0.445 e. The standard InChI is InChI=1S/C28H37N2O7P/c1-3-4-17-25(29-27(32)36-19-23-13-7-5-8-14-23)38(35,37-20-24-15-9-6-10-16-24)21-26(31)30(28(33)34)18-11-12-22(30)2/h5-10,13-16,22,25H,3-4,11-12,17-21H2,1-2H3,(H-,29,32,33,34)/p+1/t22-,25?,30?,38?/m1/s1. The van der Waals surface area contributed by atoms with Crippen LogP contribution in [0.15, 0.2) is 60.7 Å². The molecule has 3 rings (SSSR count). The van der Waals surface area contributed by atoms with E-state index in [1.165, 1.54) is 0 Å². The Bertz CT molecular complexity index is 1130. The van der Waals surface area contributed by atoms with Crippen molar-refractivity contribution in [1.82, 2.24) is 5.32 Å². The highest BCUT2D eigenvalue weighted by atomic mass is 31.2. The summed E-state index contributed by atoms with van der Waals surface area (Å²) in [6, 6.07) is 17.8. The van der Waals surface area contributed by atoms with Crippen molar-refractivity contribution in [3.63, 3.8) is 0 Å². The average Bonchev–Trinajstić information content (AvgIpc) is 3.32. The van der Waals surface area contributed by atoms with Crippen LogP contribution >= 0.6 is 7.37 Å². The van der Waals surface area contributed by atoms with Gasteiger partial charge in [0.1, 0.15) is 24.6 Å². The lowest BCUT2D eigenvalue weighted by molar-refractivity contribution is -0.791. The predicted molar refractivity (Wildman–Crippen MR) is 144 cm³/mol. The van der Waals surface area contributed by atoms with Crippen LogP contribution in [0.4, 0.5) is 9.59 Å². The van der Waals surface area contributed by atoms with Crippen molar-refractivity contribution in [1.29, 1.82) is 0 Å². The van der Waals surface area contributed by atoms with Gasteiger partial charge < -0.3 is 19.7 Å². The third-order valence-corrected chi connectivity index (χ3v) is 9.74. The summed E-state index contributed by atoms with van der Waals surface area (Å²) in [5, 5.41) is 12.7. The fourth-order valence-corrected chi connectivity index (χ4v) is 7.19. The molecule has 2 aromatic rings. The first-order valence-electron chi connectivity index (χ1n) is 13.1. The van der Waals surface area contributed by atoms with Gasteiger partial charge in [0, 0.05) is 12.8 Å². The average molecular weight is 546 g/mol. The van der Waals surface area contributed by atoms with Gasteiger partial charge >= 0.3 is 18.1 Å². The van der Waals surface area contributed by atoms with Gasteiger partial charge in [0.2, 0.25) is 7.37 Å². The molecule has 2 N–H and O–H groups in total. The lowest BCUT2D eigenvalue weighted by Gasteiger charge is -2.33. The van der Waals surface area contributed by atoms with Gasteiger partial charge in [-0.05, 0) is 24.5 Å². The zero-order valence-corrected chi connectivity index (χ0v) is 23.0. The molecule has 0 bridgehead atoms. The Morgan fingerprint density at radius 1 is 1.05 bits per heavy atom. The number of benzene rings is 2. The van der Waals surface area contributed by atoms with E-state index < -0.39 is 47.9 Å². The van der Waals surface area contributed by atoms with Crippen molar-refractivity contribution in [3.05, 3.63) is 71.8 Å². The minimum absolute atomic E-state index is 0.0256. The van der Waals surface area contributed by atoms with E-state index in [1.54, 1.807) is 6.92 Å². The Morgan fingerprint density at radius 3 is 2.18 bits per heavy atom. The number of ether oxygens (including phenoxy) is 1. The lowest BCUT2D eigenvalue weighted by Crippen LogP contribution is -2.59. The highest BCUT2D eigenvalue weighted by Gasteiger charge is 2.55. The second-order valence-electron chi connectivity index (χ2n) is 9.77. The molecule has 10 heteroatoms. The van der Waals surface area contributed by atoms with Gasteiger partial charge in [0.05, 0.1) is 13.2 Å².